The topological polar surface area (TPSA) is 79.8 Å². The average molecular weight is 287 g/mol. The minimum absolute atomic E-state index is 0.0336. The number of amides is 2. The van der Waals surface area contributed by atoms with Crippen molar-refractivity contribution < 1.29 is 14.3 Å². The summed E-state index contributed by atoms with van der Waals surface area (Å²) in [5, 5.41) is 6.16. The van der Waals surface area contributed by atoms with Gasteiger partial charge in [0.1, 0.15) is 0 Å². The maximum Gasteiger partial charge on any atom is 0.253 e. The van der Waals surface area contributed by atoms with Gasteiger partial charge in [0.05, 0.1) is 19.7 Å². The Bertz CT molecular complexity index is 619. The highest BCUT2D eigenvalue weighted by Crippen LogP contribution is 2.19. The van der Waals surface area contributed by atoms with Crippen LogP contribution in [0.3, 0.4) is 0 Å². The molecule has 0 bridgehead atoms. The van der Waals surface area contributed by atoms with Crippen molar-refractivity contribution in [1.29, 1.82) is 0 Å². The molecule has 1 aromatic rings. The first-order valence-electron chi connectivity index (χ1n) is 7.00. The molecule has 1 atom stereocenters. The van der Waals surface area contributed by atoms with Gasteiger partial charge in [-0.15, -0.1) is 0 Å². The van der Waals surface area contributed by atoms with Crippen molar-refractivity contribution in [2.45, 2.75) is 25.4 Å². The lowest BCUT2D eigenvalue weighted by atomic mass is 9.98. The highest BCUT2D eigenvalue weighted by molar-refractivity contribution is 6.07. The summed E-state index contributed by atoms with van der Waals surface area (Å²) in [4.78, 5) is 27.6. The fourth-order valence-electron chi connectivity index (χ4n) is 2.67. The Hall–Kier alpha value is -2.21. The molecule has 1 aromatic carbocycles. The van der Waals surface area contributed by atoms with Gasteiger partial charge in [0.2, 0.25) is 5.90 Å². The van der Waals surface area contributed by atoms with Crippen LogP contribution in [0.25, 0.3) is 0 Å². The number of aliphatic imine (C=N–C) groups is 1. The van der Waals surface area contributed by atoms with Crippen molar-refractivity contribution in [3.05, 3.63) is 34.9 Å². The number of carbonyl (C=O) groups excluding carboxylic acids is 2. The molecule has 0 aliphatic carbocycles. The second-order valence-corrected chi connectivity index (χ2v) is 5.19. The van der Waals surface area contributed by atoms with E-state index in [2.05, 4.69) is 15.6 Å². The molecule has 6 nitrogen and oxygen atoms in total. The predicted molar refractivity (Wildman–Crippen MR) is 77.2 cm³/mol. The van der Waals surface area contributed by atoms with E-state index in [-0.39, 0.29) is 24.4 Å². The molecule has 1 fully saturated rings. The van der Waals surface area contributed by atoms with Crippen LogP contribution >= 0.6 is 0 Å². The fraction of sp³-hybridized carbons (Fsp3) is 0.400. The Morgan fingerprint density at radius 1 is 1.48 bits per heavy atom. The summed E-state index contributed by atoms with van der Waals surface area (Å²) in [7, 11) is 1.48. The lowest BCUT2D eigenvalue weighted by Crippen LogP contribution is -2.41. The number of nitrogens with zero attached hydrogens (tertiary/aromatic N) is 1. The molecule has 0 radical (unpaired) electrons. The zero-order chi connectivity index (χ0) is 14.8. The van der Waals surface area contributed by atoms with Crippen LogP contribution in [0.15, 0.2) is 23.2 Å². The number of hydrogen-bond donors (Lipinski definition) is 2. The predicted octanol–water partition coefficient (Wildman–Crippen LogP) is 0.602. The zero-order valence-electron chi connectivity index (χ0n) is 11.8. The summed E-state index contributed by atoms with van der Waals surface area (Å²) in [5.41, 5.74) is 2.10. The Balaban J connectivity index is 1.82. The molecule has 0 saturated carbocycles. The van der Waals surface area contributed by atoms with Gasteiger partial charge in [0.15, 0.2) is 0 Å². The van der Waals surface area contributed by atoms with Crippen molar-refractivity contribution in [2.75, 3.05) is 13.7 Å². The highest BCUT2D eigenvalue weighted by Gasteiger charge is 2.22. The van der Waals surface area contributed by atoms with Gasteiger partial charge in [-0.05, 0) is 43.1 Å². The van der Waals surface area contributed by atoms with Crippen LogP contribution in [-0.4, -0.2) is 37.5 Å². The first-order chi connectivity index (χ1) is 10.2. The molecule has 2 aliphatic rings. The smallest absolute Gasteiger partial charge is 0.253 e. The monoisotopic (exact) mass is 287 g/mol. The van der Waals surface area contributed by atoms with Crippen molar-refractivity contribution >= 4 is 17.7 Å². The summed E-state index contributed by atoms with van der Waals surface area (Å²) in [6.45, 7) is 0.928. The lowest BCUT2D eigenvalue weighted by molar-refractivity contribution is -0.117. The SMILES string of the molecule is COC1=NC(=O)Cc2cc(C(=O)NC3CCCN3)ccc21. The fourth-order valence-corrected chi connectivity index (χ4v) is 2.67. The van der Waals surface area contributed by atoms with E-state index in [0.29, 0.717) is 11.5 Å². The minimum Gasteiger partial charge on any atom is -0.480 e. The van der Waals surface area contributed by atoms with E-state index in [4.69, 9.17) is 4.74 Å². The van der Waals surface area contributed by atoms with Crippen LogP contribution in [0.2, 0.25) is 0 Å². The molecule has 0 aromatic heterocycles. The molecule has 0 spiro atoms. The van der Waals surface area contributed by atoms with Gasteiger partial charge in [-0.1, -0.05) is 0 Å². The summed E-state index contributed by atoms with van der Waals surface area (Å²) in [6, 6.07) is 5.25. The Labute approximate surface area is 122 Å². The molecule has 1 unspecified atom stereocenters. The molecule has 2 N–H and O–H groups in total. The molecule has 2 heterocycles. The van der Waals surface area contributed by atoms with Gasteiger partial charge in [0.25, 0.3) is 11.8 Å². The molecular weight excluding hydrogens is 270 g/mol. The quantitative estimate of drug-likeness (QED) is 0.835. The number of hydrogen-bond acceptors (Lipinski definition) is 4. The lowest BCUT2D eigenvalue weighted by Gasteiger charge is -2.17. The van der Waals surface area contributed by atoms with E-state index >= 15 is 0 Å². The van der Waals surface area contributed by atoms with E-state index in [9.17, 15) is 9.59 Å². The number of carbonyl (C=O) groups is 2. The number of fused-ring (bicyclic) bond motifs is 1. The number of ether oxygens (including phenoxy) is 1. The van der Waals surface area contributed by atoms with E-state index < -0.39 is 0 Å². The molecule has 2 amide bonds. The van der Waals surface area contributed by atoms with Crippen LogP contribution in [-0.2, 0) is 16.0 Å². The summed E-state index contributed by atoms with van der Waals surface area (Å²) < 4.78 is 5.11. The molecular formula is C15H17N3O3. The summed E-state index contributed by atoms with van der Waals surface area (Å²) in [6.07, 6.45) is 2.24. The highest BCUT2D eigenvalue weighted by atomic mass is 16.5. The van der Waals surface area contributed by atoms with Gasteiger partial charge in [0, 0.05) is 11.1 Å². The molecule has 110 valence electrons. The Kier molecular flexibility index (Phi) is 3.70. The second-order valence-electron chi connectivity index (χ2n) is 5.19. The normalized spacial score (nSPS) is 20.7. The largest absolute Gasteiger partial charge is 0.480 e. The third-order valence-electron chi connectivity index (χ3n) is 3.72. The number of rotatable bonds is 2. The van der Waals surface area contributed by atoms with E-state index in [1.54, 1.807) is 18.2 Å². The van der Waals surface area contributed by atoms with Gasteiger partial charge in [-0.3, -0.25) is 14.9 Å². The number of nitrogens with one attached hydrogen (secondary N) is 2. The van der Waals surface area contributed by atoms with Gasteiger partial charge in [-0.25, -0.2) is 0 Å². The van der Waals surface area contributed by atoms with Crippen molar-refractivity contribution in [1.82, 2.24) is 10.6 Å². The third kappa shape index (κ3) is 2.80. The molecule has 21 heavy (non-hydrogen) atoms. The third-order valence-corrected chi connectivity index (χ3v) is 3.72. The van der Waals surface area contributed by atoms with E-state index in [1.165, 1.54) is 7.11 Å². The Morgan fingerprint density at radius 2 is 2.33 bits per heavy atom. The standard InChI is InChI=1S/C15H17N3O3/c1-21-15-11-5-4-9(7-10(11)8-13(19)18-15)14(20)17-12-3-2-6-16-12/h4-5,7,12,16H,2-3,6,8H2,1H3,(H,17,20). The maximum atomic E-state index is 12.2. The van der Waals surface area contributed by atoms with Crippen molar-refractivity contribution in [3.63, 3.8) is 0 Å². The first-order valence-corrected chi connectivity index (χ1v) is 7.00. The second kappa shape index (κ2) is 5.65. The van der Waals surface area contributed by atoms with Gasteiger partial charge in [-0.2, -0.15) is 4.99 Å². The van der Waals surface area contributed by atoms with Crippen molar-refractivity contribution in [3.8, 4) is 0 Å². The maximum absolute atomic E-state index is 12.2. The van der Waals surface area contributed by atoms with Crippen LogP contribution < -0.4 is 10.6 Å². The molecule has 6 heteroatoms. The van der Waals surface area contributed by atoms with Gasteiger partial charge >= 0.3 is 0 Å². The van der Waals surface area contributed by atoms with Crippen LogP contribution in [0.4, 0.5) is 0 Å². The van der Waals surface area contributed by atoms with Crippen LogP contribution in [0, 0.1) is 0 Å². The van der Waals surface area contributed by atoms with Gasteiger partial charge < -0.3 is 10.1 Å². The summed E-state index contributed by atoms with van der Waals surface area (Å²) in [5.74, 6) is -0.0776. The zero-order valence-corrected chi connectivity index (χ0v) is 11.8. The van der Waals surface area contributed by atoms with E-state index in [0.717, 1.165) is 30.5 Å². The first kappa shape index (κ1) is 13.8. The number of benzene rings is 1. The number of methoxy groups -OCH3 is 1. The molecule has 3 rings (SSSR count). The Morgan fingerprint density at radius 3 is 3.05 bits per heavy atom. The molecule has 2 aliphatic heterocycles. The van der Waals surface area contributed by atoms with Crippen LogP contribution in [0.5, 0.6) is 0 Å². The summed E-state index contributed by atoms with van der Waals surface area (Å²) >= 11 is 0. The average Bonchev–Trinajstić information content (AvgIpc) is 2.98. The van der Waals surface area contributed by atoms with E-state index in [1.807, 2.05) is 0 Å². The molecule has 1 saturated heterocycles. The minimum atomic E-state index is -0.255. The van der Waals surface area contributed by atoms with Crippen LogP contribution in [0.1, 0.15) is 34.3 Å². The van der Waals surface area contributed by atoms with Crippen molar-refractivity contribution in [2.24, 2.45) is 4.99 Å².